The lowest BCUT2D eigenvalue weighted by molar-refractivity contribution is 0.122. The molecule has 0 saturated carbocycles. The molecule has 2 N–H and O–H groups in total. The number of fused-ring (bicyclic) bond motifs is 1. The van der Waals surface area contributed by atoms with Gasteiger partial charge in [-0.25, -0.2) is 19.9 Å². The molecule has 0 aliphatic carbocycles. The minimum Gasteiger partial charge on any atom is -0.378 e. The number of morpholine rings is 1. The summed E-state index contributed by atoms with van der Waals surface area (Å²) in [7, 11) is 2.26. The molecular weight excluding hydrogens is 448 g/mol. The Morgan fingerprint density at radius 1 is 1.12 bits per heavy atom. The number of aromatic nitrogens is 4. The van der Waals surface area contributed by atoms with Gasteiger partial charge in [0, 0.05) is 42.9 Å². The molecule has 0 aromatic carbocycles. The van der Waals surface area contributed by atoms with Crippen LogP contribution in [0.2, 0.25) is 0 Å². The van der Waals surface area contributed by atoms with E-state index in [0.717, 1.165) is 41.2 Å². The van der Waals surface area contributed by atoms with Crippen LogP contribution in [0, 0.1) is 0 Å². The van der Waals surface area contributed by atoms with Crippen molar-refractivity contribution in [2.45, 2.75) is 38.8 Å². The van der Waals surface area contributed by atoms with Crippen LogP contribution in [-0.2, 0) is 11.3 Å². The number of hydrogen-bond acceptors (Lipinski definition) is 10. The number of anilines is 2. The summed E-state index contributed by atoms with van der Waals surface area (Å²) in [6.07, 6.45) is 7.10. The van der Waals surface area contributed by atoms with Crippen LogP contribution in [0.4, 0.5) is 11.8 Å². The molecule has 0 spiro atoms. The third kappa shape index (κ3) is 5.14. The second-order valence-corrected chi connectivity index (χ2v) is 10.4. The SMILES string of the molecule is CCCN1CCC(N(C)Cc2cc3nc(-c4cnc(N)nc4)nc(N4CCOCC4)c3s2)CC1. The number of thiophene rings is 1. The van der Waals surface area contributed by atoms with Crippen LogP contribution in [0.1, 0.15) is 31.1 Å². The summed E-state index contributed by atoms with van der Waals surface area (Å²) in [6.45, 7) is 9.90. The van der Waals surface area contributed by atoms with Gasteiger partial charge < -0.3 is 20.3 Å². The maximum absolute atomic E-state index is 5.69. The lowest BCUT2D eigenvalue weighted by Gasteiger charge is -2.36. The first-order valence-corrected chi connectivity index (χ1v) is 13.1. The van der Waals surface area contributed by atoms with Gasteiger partial charge in [0.2, 0.25) is 5.95 Å². The zero-order valence-corrected chi connectivity index (χ0v) is 20.9. The molecule has 3 aromatic rings. The number of hydrogen-bond donors (Lipinski definition) is 1. The largest absolute Gasteiger partial charge is 0.378 e. The molecule has 34 heavy (non-hydrogen) atoms. The van der Waals surface area contributed by atoms with Crippen molar-refractivity contribution >= 4 is 33.3 Å². The van der Waals surface area contributed by atoms with Crippen LogP contribution >= 0.6 is 11.3 Å². The lowest BCUT2D eigenvalue weighted by atomic mass is 10.0. The zero-order chi connectivity index (χ0) is 23.5. The number of rotatable bonds is 7. The summed E-state index contributed by atoms with van der Waals surface area (Å²) < 4.78 is 6.73. The summed E-state index contributed by atoms with van der Waals surface area (Å²) in [5.74, 6) is 1.86. The maximum atomic E-state index is 5.69. The monoisotopic (exact) mass is 482 g/mol. The molecule has 10 heteroatoms. The van der Waals surface area contributed by atoms with E-state index in [4.69, 9.17) is 20.4 Å². The van der Waals surface area contributed by atoms with Gasteiger partial charge in [0.05, 0.1) is 29.0 Å². The van der Waals surface area contributed by atoms with Crippen molar-refractivity contribution in [3.8, 4) is 11.4 Å². The average Bonchev–Trinajstić information content (AvgIpc) is 3.27. The minimum absolute atomic E-state index is 0.250. The van der Waals surface area contributed by atoms with E-state index in [1.165, 1.54) is 43.8 Å². The Morgan fingerprint density at radius 2 is 1.85 bits per heavy atom. The number of nitrogens with zero attached hydrogens (tertiary/aromatic N) is 7. The molecule has 2 saturated heterocycles. The Kier molecular flexibility index (Phi) is 7.19. The van der Waals surface area contributed by atoms with Crippen molar-refractivity contribution in [1.29, 1.82) is 0 Å². The van der Waals surface area contributed by atoms with Crippen molar-refractivity contribution in [3.63, 3.8) is 0 Å². The van der Waals surface area contributed by atoms with Gasteiger partial charge in [-0.2, -0.15) is 0 Å². The second kappa shape index (κ2) is 10.5. The highest BCUT2D eigenvalue weighted by Crippen LogP contribution is 2.35. The molecule has 5 rings (SSSR count). The summed E-state index contributed by atoms with van der Waals surface area (Å²) in [5.41, 5.74) is 7.44. The number of likely N-dealkylation sites (tertiary alicyclic amines) is 1. The van der Waals surface area contributed by atoms with Crippen LogP contribution in [-0.4, -0.2) is 88.8 Å². The third-order valence-corrected chi connectivity index (χ3v) is 7.88. The highest BCUT2D eigenvalue weighted by atomic mass is 32.1. The van der Waals surface area contributed by atoms with E-state index in [1.54, 1.807) is 12.4 Å². The van der Waals surface area contributed by atoms with E-state index in [2.05, 4.69) is 44.7 Å². The minimum atomic E-state index is 0.250. The van der Waals surface area contributed by atoms with E-state index in [9.17, 15) is 0 Å². The summed E-state index contributed by atoms with van der Waals surface area (Å²) >= 11 is 1.81. The normalized spacial score (nSPS) is 18.3. The van der Waals surface area contributed by atoms with Gasteiger partial charge in [-0.15, -0.1) is 11.3 Å². The van der Waals surface area contributed by atoms with Crippen molar-refractivity contribution in [2.24, 2.45) is 0 Å². The van der Waals surface area contributed by atoms with Crippen LogP contribution in [0.15, 0.2) is 18.5 Å². The first-order chi connectivity index (χ1) is 16.6. The topological polar surface area (TPSA) is 96.5 Å². The van der Waals surface area contributed by atoms with E-state index in [-0.39, 0.29) is 5.95 Å². The van der Waals surface area contributed by atoms with E-state index >= 15 is 0 Å². The molecule has 0 radical (unpaired) electrons. The quantitative estimate of drug-likeness (QED) is 0.545. The van der Waals surface area contributed by atoms with E-state index in [1.807, 2.05) is 11.3 Å². The smallest absolute Gasteiger partial charge is 0.219 e. The van der Waals surface area contributed by atoms with Gasteiger partial charge in [0.15, 0.2) is 11.6 Å². The Morgan fingerprint density at radius 3 is 2.56 bits per heavy atom. The summed E-state index contributed by atoms with van der Waals surface area (Å²) in [6, 6.07) is 2.86. The Bertz CT molecular complexity index is 1090. The highest BCUT2D eigenvalue weighted by Gasteiger charge is 2.24. The molecule has 2 aliphatic heterocycles. The molecule has 9 nitrogen and oxygen atoms in total. The van der Waals surface area contributed by atoms with Gasteiger partial charge in [0.1, 0.15) is 0 Å². The van der Waals surface area contributed by atoms with E-state index in [0.29, 0.717) is 25.1 Å². The van der Waals surface area contributed by atoms with Crippen molar-refractivity contribution in [1.82, 2.24) is 29.7 Å². The van der Waals surface area contributed by atoms with E-state index < -0.39 is 0 Å². The third-order valence-electron chi connectivity index (χ3n) is 6.77. The number of nitrogen functional groups attached to an aromatic ring is 1. The van der Waals surface area contributed by atoms with Crippen LogP contribution in [0.25, 0.3) is 21.6 Å². The predicted molar refractivity (Wildman–Crippen MR) is 137 cm³/mol. The fraction of sp³-hybridized carbons (Fsp3) is 0.583. The average molecular weight is 483 g/mol. The fourth-order valence-corrected chi connectivity index (χ4v) is 6.07. The first-order valence-electron chi connectivity index (χ1n) is 12.2. The van der Waals surface area contributed by atoms with Gasteiger partial charge in [-0.05, 0) is 52.0 Å². The van der Waals surface area contributed by atoms with Gasteiger partial charge in [0.25, 0.3) is 0 Å². The summed E-state index contributed by atoms with van der Waals surface area (Å²) in [5, 5.41) is 0. The molecule has 0 bridgehead atoms. The maximum Gasteiger partial charge on any atom is 0.219 e. The van der Waals surface area contributed by atoms with Crippen molar-refractivity contribution in [2.75, 3.05) is 63.6 Å². The Labute approximate surface area is 205 Å². The molecule has 2 aliphatic rings. The number of ether oxygens (including phenoxy) is 1. The molecule has 3 aromatic heterocycles. The van der Waals surface area contributed by atoms with Crippen LogP contribution < -0.4 is 10.6 Å². The zero-order valence-electron chi connectivity index (χ0n) is 20.1. The number of piperidine rings is 1. The molecule has 0 amide bonds. The highest BCUT2D eigenvalue weighted by molar-refractivity contribution is 7.19. The molecular formula is C24H34N8OS. The molecule has 0 unspecified atom stereocenters. The Balaban J connectivity index is 1.41. The molecule has 182 valence electrons. The Hall–Kier alpha value is -2.40. The van der Waals surface area contributed by atoms with Gasteiger partial charge in [-0.3, -0.25) is 4.90 Å². The van der Waals surface area contributed by atoms with Gasteiger partial charge in [-0.1, -0.05) is 6.92 Å². The molecule has 5 heterocycles. The van der Waals surface area contributed by atoms with Gasteiger partial charge >= 0.3 is 0 Å². The van der Waals surface area contributed by atoms with Crippen molar-refractivity contribution in [3.05, 3.63) is 23.3 Å². The molecule has 2 fully saturated rings. The standard InChI is InChI=1S/C24H34N8OS/c1-3-6-31-7-4-18(5-8-31)30(2)16-19-13-20-21(34-19)23(32-9-11-33-12-10-32)29-22(28-20)17-14-26-24(25)27-15-17/h13-15,18H,3-12,16H2,1-2H3,(H2,25,26,27). The second-order valence-electron chi connectivity index (χ2n) is 9.22. The number of nitrogens with two attached hydrogens (primary N) is 1. The fourth-order valence-electron chi connectivity index (χ4n) is 4.89. The molecule has 0 atom stereocenters. The van der Waals surface area contributed by atoms with Crippen molar-refractivity contribution < 1.29 is 4.74 Å². The first kappa shape index (κ1) is 23.3. The predicted octanol–water partition coefficient (Wildman–Crippen LogP) is 2.87. The van der Waals surface area contributed by atoms with Crippen LogP contribution in [0.5, 0.6) is 0 Å². The summed E-state index contributed by atoms with van der Waals surface area (Å²) in [4.78, 5) is 26.9. The van der Waals surface area contributed by atoms with Crippen LogP contribution in [0.3, 0.4) is 0 Å². The lowest BCUT2D eigenvalue weighted by Crippen LogP contribution is -2.43.